The first-order chi connectivity index (χ1) is 11.8. The Labute approximate surface area is 161 Å². The summed E-state index contributed by atoms with van der Waals surface area (Å²) < 4.78 is 3.78. The molecule has 25 heavy (non-hydrogen) atoms. The average molecular weight is 515 g/mol. The second-order valence-electron chi connectivity index (χ2n) is 4.89. The molecule has 4 rings (SSSR count). The van der Waals surface area contributed by atoms with Crippen LogP contribution in [0.4, 0.5) is 0 Å². The van der Waals surface area contributed by atoms with Crippen LogP contribution in [0.25, 0.3) is 11.4 Å². The van der Waals surface area contributed by atoms with Crippen molar-refractivity contribution in [2.75, 3.05) is 0 Å². The molecule has 0 spiro atoms. The summed E-state index contributed by atoms with van der Waals surface area (Å²) in [5.41, 5.74) is 1.83. The number of rotatable bonds is 1. The zero-order chi connectivity index (χ0) is 17.0. The molecule has 0 aliphatic carbocycles. The quantitative estimate of drug-likeness (QED) is 0.391. The van der Waals surface area contributed by atoms with Crippen LogP contribution in [0.2, 0.25) is 0 Å². The normalized spacial score (nSPS) is 8.88. The van der Waals surface area contributed by atoms with Crippen LogP contribution in [0.15, 0.2) is 86.2 Å². The maximum absolute atomic E-state index is 4.19. The van der Waals surface area contributed by atoms with Gasteiger partial charge in [-0.25, -0.2) is 9.97 Å². The first-order valence-electron chi connectivity index (χ1n) is 7.42. The van der Waals surface area contributed by atoms with E-state index in [1.165, 1.54) is 0 Å². The molecule has 0 atom stereocenters. The summed E-state index contributed by atoms with van der Waals surface area (Å²) in [5.74, 6) is 0. The van der Waals surface area contributed by atoms with Gasteiger partial charge >= 0.3 is 21.1 Å². The molecule has 0 saturated carbocycles. The predicted octanol–water partition coefficient (Wildman–Crippen LogP) is 2.98. The van der Waals surface area contributed by atoms with Gasteiger partial charge in [0.05, 0.1) is 24.0 Å². The summed E-state index contributed by atoms with van der Waals surface area (Å²) in [6, 6.07) is 11.6. The van der Waals surface area contributed by atoms with E-state index in [0.29, 0.717) is 0 Å². The van der Waals surface area contributed by atoms with Crippen molar-refractivity contribution in [2.45, 2.75) is 0 Å². The van der Waals surface area contributed by atoms with E-state index in [-0.39, 0.29) is 21.1 Å². The summed E-state index contributed by atoms with van der Waals surface area (Å²) in [7, 11) is 3.88. The first kappa shape index (κ1) is 20.5. The zero-order valence-corrected chi connectivity index (χ0v) is 16.4. The van der Waals surface area contributed by atoms with Crippen molar-refractivity contribution in [2.24, 2.45) is 14.1 Å². The minimum atomic E-state index is 0. The molecule has 0 aliphatic rings. The molecule has 0 fully saturated rings. The molecule has 0 saturated heterocycles. The van der Waals surface area contributed by atoms with Gasteiger partial charge < -0.3 is 9.13 Å². The van der Waals surface area contributed by atoms with Crippen molar-refractivity contribution < 1.29 is 21.1 Å². The van der Waals surface area contributed by atoms with Gasteiger partial charge in [-0.15, -0.1) is 0 Å². The first-order valence-corrected chi connectivity index (χ1v) is 7.42. The molecule has 130 valence electrons. The molecule has 7 heteroatoms. The van der Waals surface area contributed by atoms with E-state index in [2.05, 4.69) is 19.9 Å². The van der Waals surface area contributed by atoms with E-state index < -0.39 is 0 Å². The van der Waals surface area contributed by atoms with Gasteiger partial charge in [0.25, 0.3) is 0 Å². The van der Waals surface area contributed by atoms with Crippen LogP contribution >= 0.6 is 0 Å². The SMILES string of the molecule is Cn1ccnc1.Cn1ccnc1.[Pt+2].c1ccc(-c2ccccn2)nc1. The number of pyridine rings is 2. The fourth-order valence-electron chi connectivity index (χ4n) is 1.68. The Morgan fingerprint density at radius 1 is 0.640 bits per heavy atom. The van der Waals surface area contributed by atoms with Gasteiger partial charge in [0.1, 0.15) is 0 Å². The van der Waals surface area contributed by atoms with E-state index >= 15 is 0 Å². The molecule has 0 amide bonds. The van der Waals surface area contributed by atoms with Crippen LogP contribution < -0.4 is 0 Å². The van der Waals surface area contributed by atoms with E-state index in [0.717, 1.165) is 11.4 Å². The summed E-state index contributed by atoms with van der Waals surface area (Å²) >= 11 is 0. The molecule has 0 radical (unpaired) electrons. The van der Waals surface area contributed by atoms with E-state index in [4.69, 9.17) is 0 Å². The molecule has 4 heterocycles. The number of hydrogen-bond acceptors (Lipinski definition) is 4. The minimum absolute atomic E-state index is 0. The summed E-state index contributed by atoms with van der Waals surface area (Å²) in [4.78, 5) is 15.9. The van der Waals surface area contributed by atoms with Crippen molar-refractivity contribution in [3.63, 3.8) is 0 Å². The third-order valence-electron chi connectivity index (χ3n) is 2.87. The molecule has 0 N–H and O–H groups in total. The van der Waals surface area contributed by atoms with Crippen molar-refractivity contribution >= 4 is 0 Å². The summed E-state index contributed by atoms with van der Waals surface area (Å²) in [6.45, 7) is 0. The van der Waals surface area contributed by atoms with Gasteiger partial charge in [0.2, 0.25) is 0 Å². The van der Waals surface area contributed by atoms with Crippen LogP contribution in [0.3, 0.4) is 0 Å². The van der Waals surface area contributed by atoms with Gasteiger partial charge in [-0.1, -0.05) is 12.1 Å². The Morgan fingerprint density at radius 3 is 1.28 bits per heavy atom. The van der Waals surface area contributed by atoms with Gasteiger partial charge in [0.15, 0.2) is 0 Å². The maximum Gasteiger partial charge on any atom is 2.00 e. The Balaban J connectivity index is 0.000000204. The zero-order valence-electron chi connectivity index (χ0n) is 14.1. The number of nitrogens with zero attached hydrogens (tertiary/aromatic N) is 6. The number of aryl methyl sites for hydroxylation is 2. The van der Waals surface area contributed by atoms with Crippen LogP contribution in [-0.4, -0.2) is 29.1 Å². The van der Waals surface area contributed by atoms with Crippen molar-refractivity contribution in [1.82, 2.24) is 29.1 Å². The summed E-state index contributed by atoms with van der Waals surface area (Å²) in [6.07, 6.45) is 14.3. The molecule has 6 nitrogen and oxygen atoms in total. The van der Waals surface area contributed by atoms with E-state index in [9.17, 15) is 0 Å². The number of imidazole rings is 2. The van der Waals surface area contributed by atoms with Gasteiger partial charge in [-0.05, 0) is 24.3 Å². The van der Waals surface area contributed by atoms with E-state index in [1.807, 2.05) is 72.0 Å². The Hall–Kier alpha value is -2.59. The van der Waals surface area contributed by atoms with Crippen molar-refractivity contribution in [3.8, 4) is 11.4 Å². The van der Waals surface area contributed by atoms with Crippen LogP contribution in [0.1, 0.15) is 0 Å². The fraction of sp³-hybridized carbons (Fsp3) is 0.111. The Morgan fingerprint density at radius 2 is 1.08 bits per heavy atom. The van der Waals surface area contributed by atoms with Crippen LogP contribution in [-0.2, 0) is 35.2 Å². The molecular formula is C18H20N6Pt+2. The second-order valence-corrected chi connectivity index (χ2v) is 4.89. The fourth-order valence-corrected chi connectivity index (χ4v) is 1.68. The third-order valence-corrected chi connectivity index (χ3v) is 2.87. The molecule has 0 aromatic carbocycles. The molecule has 0 unspecified atom stereocenters. The summed E-state index contributed by atoms with van der Waals surface area (Å²) in [5, 5.41) is 0. The maximum atomic E-state index is 4.19. The minimum Gasteiger partial charge on any atom is -0.341 e. The van der Waals surface area contributed by atoms with Gasteiger partial charge in [0, 0.05) is 51.3 Å². The smallest absolute Gasteiger partial charge is 0.341 e. The third kappa shape index (κ3) is 8.17. The molecule has 4 aromatic rings. The number of aromatic nitrogens is 6. The molecular weight excluding hydrogens is 495 g/mol. The monoisotopic (exact) mass is 515 g/mol. The van der Waals surface area contributed by atoms with Crippen LogP contribution in [0, 0.1) is 0 Å². The Bertz CT molecular complexity index is 701. The average Bonchev–Trinajstić information content (AvgIpc) is 3.31. The van der Waals surface area contributed by atoms with Crippen LogP contribution in [0.5, 0.6) is 0 Å². The largest absolute Gasteiger partial charge is 2.00 e. The Kier molecular flexibility index (Phi) is 9.71. The molecule has 0 aliphatic heterocycles. The second kappa shape index (κ2) is 11.9. The topological polar surface area (TPSA) is 61.4 Å². The molecule has 0 bridgehead atoms. The predicted molar refractivity (Wildman–Crippen MR) is 93.9 cm³/mol. The van der Waals surface area contributed by atoms with Crippen molar-refractivity contribution in [3.05, 3.63) is 86.2 Å². The number of hydrogen-bond donors (Lipinski definition) is 0. The van der Waals surface area contributed by atoms with Crippen molar-refractivity contribution in [1.29, 1.82) is 0 Å². The van der Waals surface area contributed by atoms with E-state index in [1.54, 1.807) is 37.4 Å². The standard InChI is InChI=1S/C10H8N2.2C4H6N2.Pt/c1-3-7-11-9(5-1)10-6-2-4-8-12-10;2*1-6-3-2-5-4-6;/h1-8H;2*2-4H,1H3;/q;;;+2. The van der Waals surface area contributed by atoms with Gasteiger partial charge in [-0.3, -0.25) is 9.97 Å². The molecule has 4 aromatic heterocycles. The van der Waals surface area contributed by atoms with Gasteiger partial charge in [-0.2, -0.15) is 0 Å².